The van der Waals surface area contributed by atoms with E-state index in [4.69, 9.17) is 0 Å². The molecule has 2 heteroatoms. The van der Waals surface area contributed by atoms with Gasteiger partial charge in [0.2, 0.25) is 0 Å². The van der Waals surface area contributed by atoms with Crippen molar-refractivity contribution in [3.8, 4) is 0 Å². The van der Waals surface area contributed by atoms with Crippen molar-refractivity contribution in [2.45, 2.75) is 31.8 Å². The van der Waals surface area contributed by atoms with Crippen LogP contribution in [-0.2, 0) is 6.54 Å². The minimum Gasteiger partial charge on any atom is -0.361 e. The minimum atomic E-state index is 0.647. The van der Waals surface area contributed by atoms with Gasteiger partial charge in [0.05, 0.1) is 0 Å². The monoisotopic (exact) mass is 226 g/mol. The van der Waals surface area contributed by atoms with Gasteiger partial charge in [-0.05, 0) is 37.0 Å². The average Bonchev–Trinajstić information content (AvgIpc) is 2.86. The molecule has 1 aromatic heterocycles. The van der Waals surface area contributed by atoms with Gasteiger partial charge in [0, 0.05) is 29.7 Å². The van der Waals surface area contributed by atoms with Gasteiger partial charge in [0.15, 0.2) is 0 Å². The maximum atomic E-state index is 3.65. The average molecular weight is 226 g/mol. The molecule has 0 saturated heterocycles. The quantitative estimate of drug-likeness (QED) is 0.772. The lowest BCUT2D eigenvalue weighted by Crippen LogP contribution is -2.29. The Balaban J connectivity index is 1.72. The van der Waals surface area contributed by atoms with Crippen molar-refractivity contribution in [3.63, 3.8) is 0 Å². The smallest absolute Gasteiger partial charge is 0.0457 e. The highest BCUT2D eigenvalue weighted by Gasteiger charge is 2.09. The zero-order valence-corrected chi connectivity index (χ0v) is 9.95. The number of nitrogens with one attached hydrogen (secondary N) is 2. The SMILES string of the molecule is C1=CCC(NCc2cccc3[nH]ccc23)CC1. The summed E-state index contributed by atoms with van der Waals surface area (Å²) in [6.45, 7) is 0.966. The molecular formula is C15H18N2. The number of benzene rings is 1. The van der Waals surface area contributed by atoms with Crippen LogP contribution >= 0.6 is 0 Å². The number of rotatable bonds is 3. The van der Waals surface area contributed by atoms with Gasteiger partial charge in [-0.2, -0.15) is 0 Å². The van der Waals surface area contributed by atoms with Gasteiger partial charge in [-0.3, -0.25) is 0 Å². The molecule has 2 aromatic rings. The first-order chi connectivity index (χ1) is 8.43. The highest BCUT2D eigenvalue weighted by Crippen LogP contribution is 2.18. The maximum Gasteiger partial charge on any atom is 0.0457 e. The lowest BCUT2D eigenvalue weighted by Gasteiger charge is -2.19. The second kappa shape index (κ2) is 4.76. The van der Waals surface area contributed by atoms with Gasteiger partial charge in [-0.15, -0.1) is 0 Å². The minimum absolute atomic E-state index is 0.647. The number of aromatic nitrogens is 1. The van der Waals surface area contributed by atoms with Gasteiger partial charge in [-0.25, -0.2) is 0 Å². The molecule has 0 saturated carbocycles. The first-order valence-corrected chi connectivity index (χ1v) is 6.37. The molecule has 1 aliphatic rings. The van der Waals surface area contributed by atoms with E-state index in [1.165, 1.54) is 35.7 Å². The number of hydrogen-bond acceptors (Lipinski definition) is 1. The predicted molar refractivity (Wildman–Crippen MR) is 71.9 cm³/mol. The van der Waals surface area contributed by atoms with Crippen molar-refractivity contribution in [2.75, 3.05) is 0 Å². The number of hydrogen-bond donors (Lipinski definition) is 2. The largest absolute Gasteiger partial charge is 0.361 e. The normalized spacial score (nSPS) is 19.9. The van der Waals surface area contributed by atoms with E-state index in [1.807, 2.05) is 6.20 Å². The molecular weight excluding hydrogens is 208 g/mol. The molecule has 0 bridgehead atoms. The van der Waals surface area contributed by atoms with E-state index < -0.39 is 0 Å². The lowest BCUT2D eigenvalue weighted by atomic mass is 10.0. The van der Waals surface area contributed by atoms with Gasteiger partial charge >= 0.3 is 0 Å². The van der Waals surface area contributed by atoms with E-state index in [0.717, 1.165) is 6.54 Å². The Morgan fingerprint density at radius 2 is 2.24 bits per heavy atom. The molecule has 2 nitrogen and oxygen atoms in total. The highest BCUT2D eigenvalue weighted by molar-refractivity contribution is 5.82. The van der Waals surface area contributed by atoms with Gasteiger partial charge in [0.25, 0.3) is 0 Å². The summed E-state index contributed by atoms with van der Waals surface area (Å²) in [7, 11) is 0. The first kappa shape index (κ1) is 10.6. The van der Waals surface area contributed by atoms with Gasteiger partial charge in [-0.1, -0.05) is 24.3 Å². The van der Waals surface area contributed by atoms with Crippen molar-refractivity contribution in [1.29, 1.82) is 0 Å². The van der Waals surface area contributed by atoms with Crippen LogP contribution in [0.2, 0.25) is 0 Å². The number of H-pyrrole nitrogens is 1. The van der Waals surface area contributed by atoms with Crippen molar-refractivity contribution in [2.24, 2.45) is 0 Å². The van der Waals surface area contributed by atoms with E-state index in [2.05, 4.69) is 46.7 Å². The van der Waals surface area contributed by atoms with E-state index in [0.29, 0.717) is 6.04 Å². The van der Waals surface area contributed by atoms with Crippen molar-refractivity contribution in [1.82, 2.24) is 10.3 Å². The highest BCUT2D eigenvalue weighted by atomic mass is 14.9. The Kier molecular flexibility index (Phi) is 2.97. The third-order valence-corrected chi connectivity index (χ3v) is 3.54. The molecule has 1 atom stereocenters. The molecule has 88 valence electrons. The second-order valence-corrected chi connectivity index (χ2v) is 4.72. The van der Waals surface area contributed by atoms with Crippen molar-refractivity contribution < 1.29 is 0 Å². The Morgan fingerprint density at radius 3 is 3.12 bits per heavy atom. The van der Waals surface area contributed by atoms with E-state index in [-0.39, 0.29) is 0 Å². The van der Waals surface area contributed by atoms with E-state index in [9.17, 15) is 0 Å². The third-order valence-electron chi connectivity index (χ3n) is 3.54. The number of fused-ring (bicyclic) bond motifs is 1. The first-order valence-electron chi connectivity index (χ1n) is 6.37. The molecule has 1 heterocycles. The van der Waals surface area contributed by atoms with Crippen LogP contribution in [0.5, 0.6) is 0 Å². The fourth-order valence-corrected chi connectivity index (χ4v) is 2.54. The fraction of sp³-hybridized carbons (Fsp3) is 0.333. The van der Waals surface area contributed by atoms with Crippen LogP contribution in [0.25, 0.3) is 10.9 Å². The zero-order chi connectivity index (χ0) is 11.5. The molecule has 0 fully saturated rings. The summed E-state index contributed by atoms with van der Waals surface area (Å²) in [6.07, 6.45) is 10.2. The van der Waals surface area contributed by atoms with Crippen LogP contribution in [0.1, 0.15) is 24.8 Å². The maximum absolute atomic E-state index is 3.65. The lowest BCUT2D eigenvalue weighted by molar-refractivity contribution is 0.475. The molecule has 17 heavy (non-hydrogen) atoms. The van der Waals surface area contributed by atoms with Crippen LogP contribution in [-0.4, -0.2) is 11.0 Å². The van der Waals surface area contributed by atoms with E-state index >= 15 is 0 Å². The number of aromatic amines is 1. The molecule has 1 aliphatic carbocycles. The molecule has 0 radical (unpaired) electrons. The fourth-order valence-electron chi connectivity index (χ4n) is 2.54. The molecule has 1 unspecified atom stereocenters. The summed E-state index contributed by atoms with van der Waals surface area (Å²) in [4.78, 5) is 3.26. The van der Waals surface area contributed by atoms with Gasteiger partial charge in [0.1, 0.15) is 0 Å². The summed E-state index contributed by atoms with van der Waals surface area (Å²) in [6, 6.07) is 9.27. The third kappa shape index (κ3) is 2.27. The van der Waals surface area contributed by atoms with Crippen molar-refractivity contribution in [3.05, 3.63) is 48.2 Å². The summed E-state index contributed by atoms with van der Waals surface area (Å²) >= 11 is 0. The molecule has 0 spiro atoms. The van der Waals surface area contributed by atoms with Gasteiger partial charge < -0.3 is 10.3 Å². The summed E-state index contributed by atoms with van der Waals surface area (Å²) in [5.74, 6) is 0. The molecule has 2 N–H and O–H groups in total. The Labute approximate surface area is 102 Å². The predicted octanol–water partition coefficient (Wildman–Crippen LogP) is 3.37. The summed E-state index contributed by atoms with van der Waals surface area (Å²) in [5.41, 5.74) is 2.62. The molecule has 0 amide bonds. The second-order valence-electron chi connectivity index (χ2n) is 4.72. The topological polar surface area (TPSA) is 27.8 Å². The molecule has 1 aromatic carbocycles. The zero-order valence-electron chi connectivity index (χ0n) is 9.95. The number of allylic oxidation sites excluding steroid dienone is 1. The van der Waals surface area contributed by atoms with E-state index in [1.54, 1.807) is 0 Å². The van der Waals surface area contributed by atoms with Crippen LogP contribution < -0.4 is 5.32 Å². The Hall–Kier alpha value is -1.54. The Bertz CT molecular complexity index is 524. The summed E-state index contributed by atoms with van der Waals surface area (Å²) in [5, 5.41) is 4.99. The molecule has 3 rings (SSSR count). The van der Waals surface area contributed by atoms with Crippen LogP contribution in [0.3, 0.4) is 0 Å². The van der Waals surface area contributed by atoms with Crippen molar-refractivity contribution >= 4 is 10.9 Å². The summed E-state index contributed by atoms with van der Waals surface area (Å²) < 4.78 is 0. The molecule has 0 aliphatic heterocycles. The van der Waals surface area contributed by atoms with Crippen LogP contribution in [0, 0.1) is 0 Å². The van der Waals surface area contributed by atoms with Crippen LogP contribution in [0.4, 0.5) is 0 Å². The standard InChI is InChI=1S/C15H18N2/c1-2-6-13(7-3-1)17-11-12-5-4-8-15-14(12)9-10-16-15/h1-2,4-5,8-10,13,16-17H,3,6-7,11H2. The Morgan fingerprint density at radius 1 is 1.24 bits per heavy atom. The van der Waals surface area contributed by atoms with Crippen LogP contribution in [0.15, 0.2) is 42.6 Å².